The summed E-state index contributed by atoms with van der Waals surface area (Å²) in [5, 5.41) is 13.0. The van der Waals surface area contributed by atoms with Crippen molar-refractivity contribution in [2.24, 2.45) is 0 Å². The molecule has 5 heteroatoms. The van der Waals surface area contributed by atoms with Crippen LogP contribution in [0.15, 0.2) is 22.7 Å². The first-order chi connectivity index (χ1) is 8.13. The zero-order valence-corrected chi connectivity index (χ0v) is 9.80. The predicted molar refractivity (Wildman–Crippen MR) is 61.9 cm³/mol. The second-order valence-electron chi connectivity index (χ2n) is 3.84. The normalized spacial score (nSPS) is 10.7. The van der Waals surface area contributed by atoms with E-state index >= 15 is 0 Å². The predicted octanol–water partition coefficient (Wildman–Crippen LogP) is 2.56. The molecule has 0 saturated heterocycles. The highest BCUT2D eigenvalue weighted by Crippen LogP contribution is 2.25. The van der Waals surface area contributed by atoms with Gasteiger partial charge in [-0.15, -0.1) is 0 Å². The van der Waals surface area contributed by atoms with Gasteiger partial charge in [-0.2, -0.15) is 5.10 Å². The van der Waals surface area contributed by atoms with Gasteiger partial charge in [-0.3, -0.25) is 4.68 Å². The van der Waals surface area contributed by atoms with Gasteiger partial charge in [0.15, 0.2) is 0 Å². The number of carboxylic acids is 1. The highest BCUT2D eigenvalue weighted by atomic mass is 16.4. The molecule has 0 radical (unpaired) electrons. The van der Waals surface area contributed by atoms with Crippen molar-refractivity contribution in [3.8, 4) is 11.3 Å². The van der Waals surface area contributed by atoms with Crippen molar-refractivity contribution in [3.05, 3.63) is 29.8 Å². The first kappa shape index (κ1) is 11.4. The molecule has 90 valence electrons. The van der Waals surface area contributed by atoms with Crippen LogP contribution in [0.5, 0.6) is 0 Å². The Labute approximate surface area is 98.7 Å². The molecule has 0 spiro atoms. The maximum Gasteiger partial charge on any atom is 0.371 e. The fourth-order valence-electron chi connectivity index (χ4n) is 1.72. The van der Waals surface area contributed by atoms with Gasteiger partial charge in [-0.05, 0) is 25.5 Å². The van der Waals surface area contributed by atoms with Gasteiger partial charge in [0.2, 0.25) is 5.76 Å². The van der Waals surface area contributed by atoms with Gasteiger partial charge in [-0.25, -0.2) is 4.79 Å². The second kappa shape index (κ2) is 4.45. The topological polar surface area (TPSA) is 68.3 Å². The minimum Gasteiger partial charge on any atom is -0.475 e. The molecule has 5 nitrogen and oxygen atoms in total. The number of carboxylic acid groups (broad SMARTS) is 1. The van der Waals surface area contributed by atoms with Crippen LogP contribution in [0.3, 0.4) is 0 Å². The molecule has 1 N–H and O–H groups in total. The lowest BCUT2D eigenvalue weighted by molar-refractivity contribution is 0.0663. The highest BCUT2D eigenvalue weighted by Gasteiger charge is 2.14. The van der Waals surface area contributed by atoms with Gasteiger partial charge in [0.1, 0.15) is 5.76 Å². The molecule has 2 rings (SSSR count). The summed E-state index contributed by atoms with van der Waals surface area (Å²) in [6, 6.07) is 3.11. The van der Waals surface area contributed by atoms with Crippen molar-refractivity contribution in [1.29, 1.82) is 0 Å². The summed E-state index contributed by atoms with van der Waals surface area (Å²) in [4.78, 5) is 10.7. The maximum absolute atomic E-state index is 10.7. The van der Waals surface area contributed by atoms with E-state index in [1.165, 1.54) is 6.07 Å². The minimum absolute atomic E-state index is 0.0531. The Morgan fingerprint density at radius 1 is 1.53 bits per heavy atom. The standard InChI is InChI=1S/C12H14N2O3/c1-3-6-14-8(2)9(7-13-14)10-4-5-11(17-10)12(15)16/h4-5,7H,3,6H2,1-2H3,(H,15,16). The highest BCUT2D eigenvalue weighted by molar-refractivity contribution is 5.85. The smallest absolute Gasteiger partial charge is 0.371 e. The van der Waals surface area contributed by atoms with E-state index in [-0.39, 0.29) is 5.76 Å². The Morgan fingerprint density at radius 3 is 2.88 bits per heavy atom. The van der Waals surface area contributed by atoms with Crippen LogP contribution in [0.2, 0.25) is 0 Å². The molecule has 0 bridgehead atoms. The molecule has 2 heterocycles. The van der Waals surface area contributed by atoms with Crippen molar-refractivity contribution in [3.63, 3.8) is 0 Å². The molecule has 2 aromatic rings. The molecule has 0 aliphatic heterocycles. The van der Waals surface area contributed by atoms with Gasteiger partial charge >= 0.3 is 5.97 Å². The second-order valence-corrected chi connectivity index (χ2v) is 3.84. The molecule has 0 amide bonds. The summed E-state index contributed by atoms with van der Waals surface area (Å²) < 4.78 is 7.14. The molecular formula is C12H14N2O3. The summed E-state index contributed by atoms with van der Waals surface area (Å²) in [7, 11) is 0. The van der Waals surface area contributed by atoms with Crippen LogP contribution in [-0.4, -0.2) is 20.9 Å². The number of aromatic carboxylic acids is 1. The third kappa shape index (κ3) is 2.08. The number of aryl methyl sites for hydroxylation is 1. The molecule has 17 heavy (non-hydrogen) atoms. The summed E-state index contributed by atoms with van der Waals surface area (Å²) in [5.74, 6) is -0.570. The summed E-state index contributed by atoms with van der Waals surface area (Å²) in [6.07, 6.45) is 2.70. The zero-order valence-electron chi connectivity index (χ0n) is 9.80. The maximum atomic E-state index is 10.7. The number of aromatic nitrogens is 2. The number of hydrogen-bond donors (Lipinski definition) is 1. The van der Waals surface area contributed by atoms with Crippen LogP contribution in [-0.2, 0) is 6.54 Å². The first-order valence-electron chi connectivity index (χ1n) is 5.49. The fraction of sp³-hybridized carbons (Fsp3) is 0.333. The Balaban J connectivity index is 2.35. The number of furan rings is 1. The van der Waals surface area contributed by atoms with E-state index in [0.717, 1.165) is 24.2 Å². The SMILES string of the molecule is CCCn1ncc(-c2ccc(C(=O)O)o2)c1C. The van der Waals surface area contributed by atoms with Crippen LogP contribution in [0.4, 0.5) is 0 Å². The lowest BCUT2D eigenvalue weighted by Gasteiger charge is -2.01. The van der Waals surface area contributed by atoms with E-state index < -0.39 is 5.97 Å². The summed E-state index contributed by atoms with van der Waals surface area (Å²) in [6.45, 7) is 4.87. The van der Waals surface area contributed by atoms with E-state index in [4.69, 9.17) is 9.52 Å². The third-order valence-electron chi connectivity index (χ3n) is 2.62. The van der Waals surface area contributed by atoms with Gasteiger partial charge in [0.25, 0.3) is 0 Å². The van der Waals surface area contributed by atoms with Crippen molar-refractivity contribution >= 4 is 5.97 Å². The van der Waals surface area contributed by atoms with Crippen LogP contribution >= 0.6 is 0 Å². The van der Waals surface area contributed by atoms with Crippen LogP contribution in [0.25, 0.3) is 11.3 Å². The van der Waals surface area contributed by atoms with E-state index in [0.29, 0.717) is 5.76 Å². The molecule has 0 atom stereocenters. The first-order valence-corrected chi connectivity index (χ1v) is 5.49. The van der Waals surface area contributed by atoms with E-state index in [2.05, 4.69) is 12.0 Å². The zero-order chi connectivity index (χ0) is 12.4. The van der Waals surface area contributed by atoms with Crippen molar-refractivity contribution in [2.75, 3.05) is 0 Å². The number of nitrogens with zero attached hydrogens (tertiary/aromatic N) is 2. The molecule has 0 aromatic carbocycles. The largest absolute Gasteiger partial charge is 0.475 e. The van der Waals surface area contributed by atoms with Gasteiger partial charge < -0.3 is 9.52 Å². The van der Waals surface area contributed by atoms with Gasteiger partial charge in [-0.1, -0.05) is 6.92 Å². The van der Waals surface area contributed by atoms with E-state index in [1.807, 2.05) is 11.6 Å². The average molecular weight is 234 g/mol. The average Bonchev–Trinajstić information content (AvgIpc) is 2.87. The van der Waals surface area contributed by atoms with Crippen LogP contribution in [0, 0.1) is 6.92 Å². The van der Waals surface area contributed by atoms with Crippen LogP contribution < -0.4 is 0 Å². The monoisotopic (exact) mass is 234 g/mol. The minimum atomic E-state index is -1.06. The quantitative estimate of drug-likeness (QED) is 0.882. The van der Waals surface area contributed by atoms with Crippen molar-refractivity contribution in [1.82, 2.24) is 9.78 Å². The molecule has 0 aliphatic rings. The Morgan fingerprint density at radius 2 is 2.29 bits per heavy atom. The summed E-state index contributed by atoms with van der Waals surface area (Å²) in [5.41, 5.74) is 1.82. The summed E-state index contributed by atoms with van der Waals surface area (Å²) >= 11 is 0. The number of rotatable bonds is 4. The molecule has 0 saturated carbocycles. The number of hydrogen-bond acceptors (Lipinski definition) is 3. The lowest BCUT2D eigenvalue weighted by Crippen LogP contribution is -2.00. The van der Waals surface area contributed by atoms with Gasteiger partial charge in [0, 0.05) is 12.2 Å². The third-order valence-corrected chi connectivity index (χ3v) is 2.62. The van der Waals surface area contributed by atoms with E-state index in [1.54, 1.807) is 12.3 Å². The lowest BCUT2D eigenvalue weighted by atomic mass is 10.2. The Kier molecular flexibility index (Phi) is 2.99. The molecule has 0 unspecified atom stereocenters. The van der Waals surface area contributed by atoms with Crippen molar-refractivity contribution < 1.29 is 14.3 Å². The Bertz CT molecular complexity index is 540. The van der Waals surface area contributed by atoms with E-state index in [9.17, 15) is 4.79 Å². The van der Waals surface area contributed by atoms with Gasteiger partial charge in [0.05, 0.1) is 11.8 Å². The molecular weight excluding hydrogens is 220 g/mol. The molecule has 0 fully saturated rings. The fourth-order valence-corrected chi connectivity index (χ4v) is 1.72. The molecule has 0 aliphatic carbocycles. The van der Waals surface area contributed by atoms with Crippen LogP contribution in [0.1, 0.15) is 29.6 Å². The Hall–Kier alpha value is -2.04. The number of carbonyl (C=O) groups is 1. The molecule has 2 aromatic heterocycles. The van der Waals surface area contributed by atoms with Crippen molar-refractivity contribution in [2.45, 2.75) is 26.8 Å².